The van der Waals surface area contributed by atoms with Crippen LogP contribution in [0, 0.1) is 5.82 Å². The average Bonchev–Trinajstić information content (AvgIpc) is 2.43. The molecule has 1 aromatic rings. The lowest BCUT2D eigenvalue weighted by molar-refractivity contribution is 0.193. The fraction of sp³-hybridized carbons (Fsp3) is 0.533. The summed E-state index contributed by atoms with van der Waals surface area (Å²) >= 11 is 0. The van der Waals surface area contributed by atoms with Gasteiger partial charge in [0.05, 0.1) is 6.04 Å². The normalized spacial score (nSPS) is 12.2. The van der Waals surface area contributed by atoms with Gasteiger partial charge < -0.3 is 20.3 Å². The van der Waals surface area contributed by atoms with E-state index in [1.54, 1.807) is 13.2 Å². The van der Waals surface area contributed by atoms with Crippen LogP contribution in [0.4, 0.5) is 9.18 Å². The molecule has 1 atom stereocenters. The summed E-state index contributed by atoms with van der Waals surface area (Å²) in [6, 6.07) is 6.12. The molecule has 2 N–H and O–H groups in total. The molecule has 0 heterocycles. The molecule has 118 valence electrons. The summed E-state index contributed by atoms with van der Waals surface area (Å²) < 4.78 is 18.2. The van der Waals surface area contributed by atoms with Crippen molar-refractivity contribution in [3.05, 3.63) is 35.6 Å². The Labute approximate surface area is 125 Å². The second kappa shape index (κ2) is 9.31. The number of urea groups is 1. The number of halogens is 1. The Bertz CT molecular complexity index is 441. The first-order valence-electron chi connectivity index (χ1n) is 6.97. The Morgan fingerprint density at radius 2 is 2.14 bits per heavy atom. The molecule has 1 rings (SSSR count). The van der Waals surface area contributed by atoms with Crippen molar-refractivity contribution in [3.8, 4) is 0 Å². The third-order valence-electron chi connectivity index (χ3n) is 3.12. The highest BCUT2D eigenvalue weighted by molar-refractivity contribution is 5.73. The predicted octanol–water partition coefficient (Wildman–Crippen LogP) is 1.76. The van der Waals surface area contributed by atoms with Crippen molar-refractivity contribution < 1.29 is 13.9 Å². The smallest absolute Gasteiger partial charge is 0.314 e. The number of nitrogens with zero attached hydrogens (tertiary/aromatic N) is 1. The highest BCUT2D eigenvalue weighted by atomic mass is 19.1. The van der Waals surface area contributed by atoms with Crippen LogP contribution < -0.4 is 10.6 Å². The van der Waals surface area contributed by atoms with Crippen LogP contribution in [-0.4, -0.2) is 51.8 Å². The minimum absolute atomic E-state index is 0.0783. The van der Waals surface area contributed by atoms with E-state index in [2.05, 4.69) is 10.6 Å². The number of carbonyl (C=O) groups excluding carboxylic acids is 1. The number of methoxy groups -OCH3 is 1. The summed E-state index contributed by atoms with van der Waals surface area (Å²) in [6.07, 6.45) is 0.769. The lowest BCUT2D eigenvalue weighted by Gasteiger charge is -2.25. The topological polar surface area (TPSA) is 53.6 Å². The van der Waals surface area contributed by atoms with Crippen LogP contribution in [0.25, 0.3) is 0 Å². The number of amides is 2. The molecule has 6 heteroatoms. The first-order chi connectivity index (χ1) is 10.0. The Balaban J connectivity index is 2.47. The minimum atomic E-state index is -0.275. The number of ether oxygens (including phenoxy) is 1. The summed E-state index contributed by atoms with van der Waals surface area (Å²) in [7, 11) is 5.42. The van der Waals surface area contributed by atoms with E-state index in [0.717, 1.165) is 12.0 Å². The van der Waals surface area contributed by atoms with Gasteiger partial charge in [-0.2, -0.15) is 0 Å². The molecule has 1 aromatic carbocycles. The molecule has 0 radical (unpaired) electrons. The lowest BCUT2D eigenvalue weighted by Crippen LogP contribution is -2.41. The summed E-state index contributed by atoms with van der Waals surface area (Å²) in [4.78, 5) is 13.6. The molecule has 1 unspecified atom stereocenters. The van der Waals surface area contributed by atoms with Gasteiger partial charge in [0.2, 0.25) is 0 Å². The highest BCUT2D eigenvalue weighted by Gasteiger charge is 2.15. The SMILES string of the molecule is COCCCNC(=O)NCC(c1cccc(F)c1)N(C)C. The van der Waals surface area contributed by atoms with E-state index in [1.807, 2.05) is 25.1 Å². The van der Waals surface area contributed by atoms with Crippen LogP contribution in [0.2, 0.25) is 0 Å². The molecule has 0 spiro atoms. The second-order valence-corrected chi connectivity index (χ2v) is 5.02. The van der Waals surface area contributed by atoms with Crippen molar-refractivity contribution >= 4 is 6.03 Å². The van der Waals surface area contributed by atoms with E-state index >= 15 is 0 Å². The van der Waals surface area contributed by atoms with Crippen molar-refractivity contribution in [1.29, 1.82) is 0 Å². The Morgan fingerprint density at radius 1 is 1.38 bits per heavy atom. The fourth-order valence-corrected chi connectivity index (χ4v) is 1.98. The molecule has 21 heavy (non-hydrogen) atoms. The second-order valence-electron chi connectivity index (χ2n) is 5.02. The van der Waals surface area contributed by atoms with E-state index in [4.69, 9.17) is 4.74 Å². The summed E-state index contributed by atoms with van der Waals surface area (Å²) in [5.74, 6) is -0.275. The van der Waals surface area contributed by atoms with Gasteiger partial charge in [0, 0.05) is 26.8 Å². The Morgan fingerprint density at radius 3 is 2.76 bits per heavy atom. The predicted molar refractivity (Wildman–Crippen MR) is 80.7 cm³/mol. The van der Waals surface area contributed by atoms with Crippen LogP contribution in [0.1, 0.15) is 18.0 Å². The van der Waals surface area contributed by atoms with Gasteiger partial charge in [0.25, 0.3) is 0 Å². The number of rotatable bonds is 8. The van der Waals surface area contributed by atoms with Gasteiger partial charge in [-0.25, -0.2) is 9.18 Å². The van der Waals surface area contributed by atoms with E-state index < -0.39 is 0 Å². The minimum Gasteiger partial charge on any atom is -0.385 e. The maximum Gasteiger partial charge on any atom is 0.314 e. The van der Waals surface area contributed by atoms with E-state index in [1.165, 1.54) is 12.1 Å². The largest absolute Gasteiger partial charge is 0.385 e. The molecule has 0 bridgehead atoms. The first-order valence-corrected chi connectivity index (χ1v) is 6.97. The van der Waals surface area contributed by atoms with E-state index in [-0.39, 0.29) is 17.9 Å². The van der Waals surface area contributed by atoms with Crippen LogP contribution >= 0.6 is 0 Å². The fourth-order valence-electron chi connectivity index (χ4n) is 1.98. The maximum absolute atomic E-state index is 13.3. The molecule has 0 fully saturated rings. The van der Waals surface area contributed by atoms with Gasteiger partial charge in [0.15, 0.2) is 0 Å². The molecular weight excluding hydrogens is 273 g/mol. The molecule has 0 aliphatic rings. The standard InChI is InChI=1S/C15H24FN3O2/c1-19(2)14(12-6-4-7-13(16)10-12)11-18-15(20)17-8-5-9-21-3/h4,6-7,10,14H,5,8-9,11H2,1-3H3,(H2,17,18,20). The molecule has 0 aliphatic heterocycles. The van der Waals surface area contributed by atoms with Gasteiger partial charge in [-0.1, -0.05) is 12.1 Å². The number of hydrogen-bond acceptors (Lipinski definition) is 3. The monoisotopic (exact) mass is 297 g/mol. The zero-order chi connectivity index (χ0) is 15.7. The number of hydrogen-bond donors (Lipinski definition) is 2. The number of carbonyl (C=O) groups is 1. The zero-order valence-electron chi connectivity index (χ0n) is 12.9. The first kappa shape index (κ1) is 17.4. The van der Waals surface area contributed by atoms with Gasteiger partial charge in [-0.05, 0) is 38.2 Å². The van der Waals surface area contributed by atoms with Crippen molar-refractivity contribution in [2.45, 2.75) is 12.5 Å². The summed E-state index contributed by atoms with van der Waals surface area (Å²) in [6.45, 7) is 1.59. The van der Waals surface area contributed by atoms with Crippen molar-refractivity contribution in [1.82, 2.24) is 15.5 Å². The van der Waals surface area contributed by atoms with Crippen LogP contribution in [0.15, 0.2) is 24.3 Å². The number of nitrogens with one attached hydrogen (secondary N) is 2. The molecule has 0 aliphatic carbocycles. The van der Waals surface area contributed by atoms with E-state index in [9.17, 15) is 9.18 Å². The van der Waals surface area contributed by atoms with Crippen LogP contribution in [0.3, 0.4) is 0 Å². The zero-order valence-corrected chi connectivity index (χ0v) is 12.9. The molecular formula is C15H24FN3O2. The Hall–Kier alpha value is -1.66. The quantitative estimate of drug-likeness (QED) is 0.719. The third-order valence-corrected chi connectivity index (χ3v) is 3.12. The van der Waals surface area contributed by atoms with Crippen molar-refractivity contribution in [2.24, 2.45) is 0 Å². The lowest BCUT2D eigenvalue weighted by atomic mass is 10.1. The highest BCUT2D eigenvalue weighted by Crippen LogP contribution is 2.18. The van der Waals surface area contributed by atoms with Crippen molar-refractivity contribution in [2.75, 3.05) is 40.9 Å². The van der Waals surface area contributed by atoms with Crippen LogP contribution in [0.5, 0.6) is 0 Å². The van der Waals surface area contributed by atoms with Gasteiger partial charge in [0.1, 0.15) is 5.82 Å². The molecule has 2 amide bonds. The molecule has 0 saturated heterocycles. The van der Waals surface area contributed by atoms with Crippen molar-refractivity contribution in [3.63, 3.8) is 0 Å². The van der Waals surface area contributed by atoms with E-state index in [0.29, 0.717) is 19.7 Å². The Kier molecular flexibility index (Phi) is 7.71. The molecule has 5 nitrogen and oxygen atoms in total. The summed E-state index contributed by atoms with van der Waals surface area (Å²) in [5, 5.41) is 5.56. The molecule has 0 saturated carbocycles. The third kappa shape index (κ3) is 6.55. The van der Waals surface area contributed by atoms with Gasteiger partial charge in [-0.3, -0.25) is 0 Å². The average molecular weight is 297 g/mol. The molecule has 0 aromatic heterocycles. The maximum atomic E-state index is 13.3. The summed E-state index contributed by atoms with van der Waals surface area (Å²) in [5.41, 5.74) is 0.833. The number of likely N-dealkylation sites (N-methyl/N-ethyl adjacent to an activating group) is 1. The van der Waals surface area contributed by atoms with Gasteiger partial charge in [-0.15, -0.1) is 0 Å². The van der Waals surface area contributed by atoms with Gasteiger partial charge >= 0.3 is 6.03 Å². The number of benzene rings is 1. The van der Waals surface area contributed by atoms with Crippen LogP contribution in [-0.2, 0) is 4.74 Å².